The van der Waals surface area contributed by atoms with Crippen LogP contribution in [0.25, 0.3) is 0 Å². The van der Waals surface area contributed by atoms with E-state index in [-0.39, 0.29) is 18.0 Å². The molecule has 0 spiro atoms. The summed E-state index contributed by atoms with van der Waals surface area (Å²) in [5, 5.41) is 0. The van der Waals surface area contributed by atoms with E-state index in [1.54, 1.807) is 0 Å². The molecule has 2 nitrogen and oxygen atoms in total. The first-order chi connectivity index (χ1) is 8.06. The number of rotatable bonds is 6. The van der Waals surface area contributed by atoms with Crippen molar-refractivity contribution in [3.05, 3.63) is 34.1 Å². The molecule has 0 fully saturated rings. The first-order valence-electron chi connectivity index (χ1n) is 5.89. The van der Waals surface area contributed by atoms with E-state index >= 15 is 0 Å². The summed E-state index contributed by atoms with van der Waals surface area (Å²) in [5.41, 5.74) is 6.98. The van der Waals surface area contributed by atoms with Crippen molar-refractivity contribution in [3.63, 3.8) is 0 Å². The van der Waals surface area contributed by atoms with Gasteiger partial charge in [-0.25, -0.2) is 4.39 Å². The van der Waals surface area contributed by atoms with Crippen molar-refractivity contribution in [1.29, 1.82) is 0 Å². The molecule has 4 heteroatoms. The fourth-order valence-electron chi connectivity index (χ4n) is 1.89. The summed E-state index contributed by atoms with van der Waals surface area (Å²) in [6, 6.07) is 4.74. The highest BCUT2D eigenvalue weighted by Crippen LogP contribution is 2.17. The molecule has 0 aromatic heterocycles. The van der Waals surface area contributed by atoms with Crippen molar-refractivity contribution in [2.45, 2.75) is 38.8 Å². The summed E-state index contributed by atoms with van der Waals surface area (Å²) < 4.78 is 19.5. The fourth-order valence-corrected chi connectivity index (χ4v) is 2.40. The number of benzene rings is 1. The van der Waals surface area contributed by atoms with Crippen LogP contribution in [0.4, 0.5) is 4.39 Å². The molecule has 0 aliphatic carbocycles. The normalized spacial score (nSPS) is 14.6. The van der Waals surface area contributed by atoms with Gasteiger partial charge in [-0.1, -0.05) is 22.9 Å². The minimum Gasteiger partial charge on any atom is -0.377 e. The molecule has 0 radical (unpaired) electrons. The van der Waals surface area contributed by atoms with Crippen LogP contribution in [0.15, 0.2) is 22.7 Å². The van der Waals surface area contributed by atoms with Crippen LogP contribution in [0, 0.1) is 5.82 Å². The average molecular weight is 304 g/mol. The second-order valence-corrected chi connectivity index (χ2v) is 4.96. The number of hydrogen-bond acceptors (Lipinski definition) is 2. The Balaban J connectivity index is 2.68. The second-order valence-electron chi connectivity index (χ2n) is 4.05. The van der Waals surface area contributed by atoms with Crippen molar-refractivity contribution in [1.82, 2.24) is 0 Å². The molecular formula is C13H19BrFNO. The monoisotopic (exact) mass is 303 g/mol. The highest BCUT2D eigenvalue weighted by Gasteiger charge is 2.16. The zero-order chi connectivity index (χ0) is 12.8. The van der Waals surface area contributed by atoms with Crippen LogP contribution in [0.3, 0.4) is 0 Å². The standard InChI is InChI=1S/C13H19BrFNO/c1-3-13(17-4-2)12(16)7-9-5-10(14)8-11(15)6-9/h5-6,8,12-13H,3-4,7,16H2,1-2H3. The van der Waals surface area contributed by atoms with Crippen molar-refractivity contribution in [3.8, 4) is 0 Å². The van der Waals surface area contributed by atoms with Gasteiger partial charge in [-0.2, -0.15) is 0 Å². The lowest BCUT2D eigenvalue weighted by Crippen LogP contribution is -2.38. The SMILES string of the molecule is CCOC(CC)C(N)Cc1cc(F)cc(Br)c1. The van der Waals surface area contributed by atoms with Crippen LogP contribution in [-0.2, 0) is 11.2 Å². The molecule has 1 rings (SSSR count). The predicted octanol–water partition coefficient (Wildman–Crippen LogP) is 3.27. The summed E-state index contributed by atoms with van der Waals surface area (Å²) in [4.78, 5) is 0. The lowest BCUT2D eigenvalue weighted by molar-refractivity contribution is 0.0417. The van der Waals surface area contributed by atoms with E-state index in [1.807, 2.05) is 19.9 Å². The smallest absolute Gasteiger partial charge is 0.124 e. The summed E-state index contributed by atoms with van der Waals surface area (Å²) in [5.74, 6) is -0.244. The van der Waals surface area contributed by atoms with Crippen molar-refractivity contribution >= 4 is 15.9 Å². The van der Waals surface area contributed by atoms with Crippen molar-refractivity contribution < 1.29 is 9.13 Å². The lowest BCUT2D eigenvalue weighted by Gasteiger charge is -2.22. The van der Waals surface area contributed by atoms with Gasteiger partial charge in [0.05, 0.1) is 6.10 Å². The van der Waals surface area contributed by atoms with Gasteiger partial charge >= 0.3 is 0 Å². The number of nitrogens with two attached hydrogens (primary N) is 1. The first kappa shape index (κ1) is 14.6. The number of halogens is 2. The third-order valence-corrected chi connectivity index (χ3v) is 3.11. The van der Waals surface area contributed by atoms with Crippen LogP contribution in [0.1, 0.15) is 25.8 Å². The second kappa shape index (κ2) is 7.09. The van der Waals surface area contributed by atoms with Gasteiger partial charge < -0.3 is 10.5 Å². The van der Waals surface area contributed by atoms with E-state index in [0.717, 1.165) is 16.5 Å². The van der Waals surface area contributed by atoms with Gasteiger partial charge in [0, 0.05) is 17.1 Å². The van der Waals surface area contributed by atoms with Gasteiger partial charge in [-0.15, -0.1) is 0 Å². The highest BCUT2D eigenvalue weighted by molar-refractivity contribution is 9.10. The maximum Gasteiger partial charge on any atom is 0.124 e. The Morgan fingerprint density at radius 2 is 2.06 bits per heavy atom. The third kappa shape index (κ3) is 4.74. The molecular weight excluding hydrogens is 285 g/mol. The molecule has 0 amide bonds. The zero-order valence-corrected chi connectivity index (χ0v) is 11.8. The lowest BCUT2D eigenvalue weighted by atomic mass is 10.0. The van der Waals surface area contributed by atoms with Crippen LogP contribution in [0.2, 0.25) is 0 Å². The molecule has 0 saturated carbocycles. The molecule has 96 valence electrons. The number of ether oxygens (including phenoxy) is 1. The van der Waals surface area contributed by atoms with Crippen molar-refractivity contribution in [2.75, 3.05) is 6.61 Å². The fraction of sp³-hybridized carbons (Fsp3) is 0.538. The quantitative estimate of drug-likeness (QED) is 0.875. The maximum atomic E-state index is 13.2. The van der Waals surface area contributed by atoms with Gasteiger partial charge in [0.1, 0.15) is 5.82 Å². The summed E-state index contributed by atoms with van der Waals surface area (Å²) >= 11 is 3.28. The van der Waals surface area contributed by atoms with Crippen LogP contribution < -0.4 is 5.73 Å². The summed E-state index contributed by atoms with van der Waals surface area (Å²) in [6.45, 7) is 4.65. The largest absolute Gasteiger partial charge is 0.377 e. The molecule has 1 aromatic carbocycles. The molecule has 0 saturated heterocycles. The predicted molar refractivity (Wildman–Crippen MR) is 71.5 cm³/mol. The Morgan fingerprint density at radius 3 is 2.59 bits per heavy atom. The molecule has 0 heterocycles. The summed E-state index contributed by atoms with van der Waals surface area (Å²) in [6.07, 6.45) is 1.52. The van der Waals surface area contributed by atoms with Gasteiger partial charge in [0.2, 0.25) is 0 Å². The Labute approximate surface area is 110 Å². The molecule has 2 atom stereocenters. The Kier molecular flexibility index (Phi) is 6.09. The van der Waals surface area contributed by atoms with Crippen LogP contribution in [0.5, 0.6) is 0 Å². The zero-order valence-electron chi connectivity index (χ0n) is 10.2. The molecule has 1 aromatic rings. The molecule has 17 heavy (non-hydrogen) atoms. The first-order valence-corrected chi connectivity index (χ1v) is 6.68. The van der Waals surface area contributed by atoms with E-state index in [9.17, 15) is 4.39 Å². The van der Waals surface area contributed by atoms with Gasteiger partial charge in [0.15, 0.2) is 0 Å². The minimum atomic E-state index is -0.244. The molecule has 0 aliphatic rings. The topological polar surface area (TPSA) is 35.2 Å². The van der Waals surface area contributed by atoms with Gasteiger partial charge in [-0.3, -0.25) is 0 Å². The Morgan fingerprint density at radius 1 is 1.35 bits per heavy atom. The third-order valence-electron chi connectivity index (χ3n) is 2.65. The average Bonchev–Trinajstić information content (AvgIpc) is 2.24. The van der Waals surface area contributed by atoms with Gasteiger partial charge in [0.25, 0.3) is 0 Å². The van der Waals surface area contributed by atoms with E-state index in [4.69, 9.17) is 10.5 Å². The molecule has 2 unspecified atom stereocenters. The number of hydrogen-bond donors (Lipinski definition) is 1. The van der Waals surface area contributed by atoms with Crippen LogP contribution in [-0.4, -0.2) is 18.8 Å². The van der Waals surface area contributed by atoms with Crippen molar-refractivity contribution in [2.24, 2.45) is 5.73 Å². The van der Waals surface area contributed by atoms with Crippen LogP contribution >= 0.6 is 15.9 Å². The van der Waals surface area contributed by atoms with E-state index in [1.165, 1.54) is 12.1 Å². The van der Waals surface area contributed by atoms with E-state index in [2.05, 4.69) is 15.9 Å². The Bertz CT molecular complexity index is 339. The highest BCUT2D eigenvalue weighted by atomic mass is 79.9. The molecule has 2 N–H and O–H groups in total. The van der Waals surface area contributed by atoms with Gasteiger partial charge in [-0.05, 0) is 43.5 Å². The van der Waals surface area contributed by atoms with E-state index in [0.29, 0.717) is 13.0 Å². The maximum absolute atomic E-state index is 13.2. The van der Waals surface area contributed by atoms with E-state index < -0.39 is 0 Å². The minimum absolute atomic E-state index is 0.0297. The summed E-state index contributed by atoms with van der Waals surface area (Å²) in [7, 11) is 0. The molecule has 0 bridgehead atoms. The Hall–Kier alpha value is -0.450. The molecule has 0 aliphatic heterocycles.